The zero-order chi connectivity index (χ0) is 20.8. The molecule has 1 aromatic heterocycles. The molecule has 1 amide bonds. The van der Waals surface area contributed by atoms with Crippen LogP contribution in [-0.4, -0.2) is 50.9 Å². The highest BCUT2D eigenvalue weighted by Crippen LogP contribution is 2.22. The Morgan fingerprint density at radius 3 is 2.59 bits per heavy atom. The van der Waals surface area contributed by atoms with Gasteiger partial charge in [0.15, 0.2) is 0 Å². The Morgan fingerprint density at radius 1 is 1.17 bits per heavy atom. The van der Waals surface area contributed by atoms with Gasteiger partial charge in [-0.1, -0.05) is 55.9 Å². The number of tetrazole rings is 1. The largest absolute Gasteiger partial charge is 0.496 e. The number of aromatic nitrogens is 4. The fourth-order valence-electron chi connectivity index (χ4n) is 2.85. The molecule has 1 heterocycles. The highest BCUT2D eigenvalue weighted by Gasteiger charge is 2.16. The number of para-hydroxylation sites is 1. The van der Waals surface area contributed by atoms with E-state index in [2.05, 4.69) is 41.5 Å². The van der Waals surface area contributed by atoms with E-state index in [0.29, 0.717) is 17.6 Å². The van der Waals surface area contributed by atoms with Gasteiger partial charge < -0.3 is 9.64 Å². The SMILES string of the molecule is COc1ccccc1CN(C)C(=O)CSc1nnnn1-c1ccc(C(C)C)cc1. The number of amides is 1. The maximum Gasteiger partial charge on any atom is 0.233 e. The smallest absolute Gasteiger partial charge is 0.233 e. The second-order valence-corrected chi connectivity index (χ2v) is 7.91. The Morgan fingerprint density at radius 2 is 1.90 bits per heavy atom. The Labute approximate surface area is 175 Å². The number of carbonyl (C=O) groups is 1. The molecule has 7 nitrogen and oxygen atoms in total. The molecule has 0 atom stereocenters. The lowest BCUT2D eigenvalue weighted by atomic mass is 10.0. The van der Waals surface area contributed by atoms with E-state index in [1.807, 2.05) is 36.4 Å². The fraction of sp³-hybridized carbons (Fsp3) is 0.333. The molecule has 0 unspecified atom stereocenters. The van der Waals surface area contributed by atoms with Gasteiger partial charge in [0.1, 0.15) is 5.75 Å². The van der Waals surface area contributed by atoms with E-state index in [1.165, 1.54) is 17.3 Å². The highest BCUT2D eigenvalue weighted by molar-refractivity contribution is 7.99. The summed E-state index contributed by atoms with van der Waals surface area (Å²) in [4.78, 5) is 14.3. The molecule has 3 aromatic rings. The molecule has 0 spiro atoms. The molecule has 0 bridgehead atoms. The van der Waals surface area contributed by atoms with Crippen LogP contribution in [0.4, 0.5) is 0 Å². The third kappa shape index (κ3) is 5.14. The minimum Gasteiger partial charge on any atom is -0.496 e. The van der Waals surface area contributed by atoms with Gasteiger partial charge in [-0.05, 0) is 40.1 Å². The van der Waals surface area contributed by atoms with Gasteiger partial charge in [-0.2, -0.15) is 4.68 Å². The van der Waals surface area contributed by atoms with Crippen LogP contribution in [0.3, 0.4) is 0 Å². The van der Waals surface area contributed by atoms with Crippen LogP contribution in [0, 0.1) is 0 Å². The molecule has 0 fully saturated rings. The third-order valence-electron chi connectivity index (χ3n) is 4.60. The lowest BCUT2D eigenvalue weighted by Gasteiger charge is -2.18. The first-order valence-corrected chi connectivity index (χ1v) is 10.4. The minimum absolute atomic E-state index is 0.00869. The van der Waals surface area contributed by atoms with Crippen LogP contribution in [0.1, 0.15) is 30.9 Å². The zero-order valence-corrected chi connectivity index (χ0v) is 17.9. The first-order valence-electron chi connectivity index (χ1n) is 9.37. The Kier molecular flexibility index (Phi) is 6.87. The molecule has 152 valence electrons. The third-order valence-corrected chi connectivity index (χ3v) is 5.50. The van der Waals surface area contributed by atoms with E-state index in [4.69, 9.17) is 4.74 Å². The summed E-state index contributed by atoms with van der Waals surface area (Å²) in [7, 11) is 3.41. The number of carbonyl (C=O) groups excluding carboxylic acids is 1. The molecule has 0 saturated heterocycles. The van der Waals surface area contributed by atoms with Gasteiger partial charge in [0.2, 0.25) is 11.1 Å². The van der Waals surface area contributed by atoms with Crippen molar-refractivity contribution in [3.05, 3.63) is 59.7 Å². The molecule has 0 aliphatic heterocycles. The van der Waals surface area contributed by atoms with E-state index >= 15 is 0 Å². The predicted octanol–water partition coefficient (Wildman–Crippen LogP) is 3.55. The van der Waals surface area contributed by atoms with Crippen molar-refractivity contribution < 1.29 is 9.53 Å². The topological polar surface area (TPSA) is 73.1 Å². The van der Waals surface area contributed by atoms with E-state index < -0.39 is 0 Å². The molecule has 3 rings (SSSR count). The summed E-state index contributed by atoms with van der Waals surface area (Å²) in [5, 5.41) is 12.5. The molecule has 0 aliphatic rings. The number of nitrogens with zero attached hydrogens (tertiary/aromatic N) is 5. The summed E-state index contributed by atoms with van der Waals surface area (Å²) in [5.74, 6) is 1.47. The number of hydrogen-bond acceptors (Lipinski definition) is 6. The lowest BCUT2D eigenvalue weighted by molar-refractivity contribution is -0.127. The number of benzene rings is 2. The van der Waals surface area contributed by atoms with Gasteiger partial charge in [-0.25, -0.2) is 0 Å². The van der Waals surface area contributed by atoms with Crippen LogP contribution < -0.4 is 4.74 Å². The van der Waals surface area contributed by atoms with E-state index in [0.717, 1.165) is 17.0 Å². The van der Waals surface area contributed by atoms with Crippen molar-refractivity contribution in [3.8, 4) is 11.4 Å². The molecule has 0 N–H and O–H groups in total. The van der Waals surface area contributed by atoms with E-state index in [-0.39, 0.29) is 11.7 Å². The van der Waals surface area contributed by atoms with Crippen molar-refractivity contribution in [3.63, 3.8) is 0 Å². The molecule has 29 heavy (non-hydrogen) atoms. The first-order chi connectivity index (χ1) is 14.0. The summed E-state index contributed by atoms with van der Waals surface area (Å²) in [6.07, 6.45) is 0. The van der Waals surface area contributed by atoms with Gasteiger partial charge in [0, 0.05) is 19.2 Å². The lowest BCUT2D eigenvalue weighted by Crippen LogP contribution is -2.28. The van der Waals surface area contributed by atoms with Gasteiger partial charge in [-0.3, -0.25) is 4.79 Å². The fourth-order valence-corrected chi connectivity index (χ4v) is 3.68. The van der Waals surface area contributed by atoms with Crippen molar-refractivity contribution in [2.75, 3.05) is 19.9 Å². The number of methoxy groups -OCH3 is 1. The number of rotatable bonds is 8. The number of thioether (sulfide) groups is 1. The Hall–Kier alpha value is -2.87. The van der Waals surface area contributed by atoms with Crippen molar-refractivity contribution in [2.24, 2.45) is 0 Å². The maximum atomic E-state index is 12.6. The van der Waals surface area contributed by atoms with Crippen LogP contribution in [0.2, 0.25) is 0 Å². The summed E-state index contributed by atoms with van der Waals surface area (Å²) in [6, 6.07) is 15.8. The quantitative estimate of drug-likeness (QED) is 0.528. The average molecular weight is 412 g/mol. The van der Waals surface area contributed by atoms with Crippen LogP contribution in [0.15, 0.2) is 53.7 Å². The van der Waals surface area contributed by atoms with Crippen LogP contribution >= 0.6 is 11.8 Å². The average Bonchev–Trinajstić information content (AvgIpc) is 3.21. The van der Waals surface area contributed by atoms with Crippen LogP contribution in [0.5, 0.6) is 5.75 Å². The van der Waals surface area contributed by atoms with E-state index in [9.17, 15) is 4.79 Å². The van der Waals surface area contributed by atoms with Crippen LogP contribution in [-0.2, 0) is 11.3 Å². The molecular weight excluding hydrogens is 386 g/mol. The number of hydrogen-bond donors (Lipinski definition) is 0. The molecule has 8 heteroatoms. The van der Waals surface area contributed by atoms with Crippen LogP contribution in [0.25, 0.3) is 5.69 Å². The molecule has 0 saturated carbocycles. The summed E-state index contributed by atoms with van der Waals surface area (Å²) in [5.41, 5.74) is 3.09. The minimum atomic E-state index is -0.00869. The maximum absolute atomic E-state index is 12.6. The standard InChI is InChI=1S/C21H25N5O2S/c1-15(2)16-9-11-18(12-10-16)26-21(22-23-24-26)29-14-20(27)25(3)13-17-7-5-6-8-19(17)28-4/h5-12,15H,13-14H2,1-4H3. The second kappa shape index (κ2) is 9.56. The Bertz CT molecular complexity index is 956. The van der Waals surface area contributed by atoms with Gasteiger partial charge in [-0.15, -0.1) is 5.10 Å². The normalized spacial score (nSPS) is 10.9. The first kappa shape index (κ1) is 20.9. The Balaban J connectivity index is 1.63. The van der Waals surface area contributed by atoms with Gasteiger partial charge >= 0.3 is 0 Å². The monoisotopic (exact) mass is 411 g/mol. The summed E-state index contributed by atoms with van der Waals surface area (Å²) in [6.45, 7) is 4.78. The van der Waals surface area contributed by atoms with Crippen molar-refractivity contribution >= 4 is 17.7 Å². The summed E-state index contributed by atoms with van der Waals surface area (Å²) < 4.78 is 7.01. The van der Waals surface area contributed by atoms with Crippen molar-refractivity contribution in [1.29, 1.82) is 0 Å². The highest BCUT2D eigenvalue weighted by atomic mass is 32.2. The van der Waals surface area contributed by atoms with Gasteiger partial charge in [0.05, 0.1) is 18.6 Å². The summed E-state index contributed by atoms with van der Waals surface area (Å²) >= 11 is 1.32. The predicted molar refractivity (Wildman–Crippen MR) is 113 cm³/mol. The molecule has 0 radical (unpaired) electrons. The second-order valence-electron chi connectivity index (χ2n) is 6.97. The van der Waals surface area contributed by atoms with Gasteiger partial charge in [0.25, 0.3) is 0 Å². The van der Waals surface area contributed by atoms with Crippen molar-refractivity contribution in [1.82, 2.24) is 25.1 Å². The van der Waals surface area contributed by atoms with Crippen molar-refractivity contribution in [2.45, 2.75) is 31.5 Å². The molecule has 2 aromatic carbocycles. The molecular formula is C21H25N5O2S. The van der Waals surface area contributed by atoms with E-state index in [1.54, 1.807) is 23.7 Å². The molecule has 0 aliphatic carbocycles. The zero-order valence-electron chi connectivity index (χ0n) is 17.1. The number of ether oxygens (including phenoxy) is 1.